The van der Waals surface area contributed by atoms with Gasteiger partial charge in [0.1, 0.15) is 48.3 Å². The third-order valence-electron chi connectivity index (χ3n) is 11.7. The molecular weight excluding hydrogens is 1070 g/mol. The molecule has 8 atom stereocenters. The number of carbonyl (C=O) groups excluding carboxylic acids is 16. The van der Waals surface area contributed by atoms with Crippen molar-refractivity contribution in [2.45, 2.75) is 192 Å². The summed E-state index contributed by atoms with van der Waals surface area (Å²) in [5, 5.41) is 27.1. The molecule has 0 aromatic rings. The minimum atomic E-state index is -1.53. The summed E-state index contributed by atoms with van der Waals surface area (Å²) in [4.78, 5) is 200. The molecule has 0 aromatic heterocycles. The Morgan fingerprint density at radius 1 is 0.284 bits per heavy atom. The summed E-state index contributed by atoms with van der Waals surface area (Å²) in [6, 6.07) is -10.9. The standard InChI is InChI=1S/C49H84N16O16/c1-6-7-8-15-30(42(54)74)62-46(78)32(64-47(79)33(65-49(81)37(25-41(53)73)61-29(5)69)18-11-14-21-57-45(77)35(23-39(51)71)59-27(3)67)17-10-13-19-55-43(75)31(63-48(80)36(24-40(52)72)60-28(4)68)16-9-12-20-56-44(76)34(22-38(50)70)58-26(2)66/h30-37H,6-25H2,1-5H3,(H2,50,70)(H2,51,71)(H2,52,72)(H2,53,73)(H2,54,74)(H,55,75)(H,56,76)(H,57,77)(H,58,66)(H,59,67)(H,60,68)(H,61,69)(H,62,78)(H,63,80)(H,64,79)(H,65,81). The lowest BCUT2D eigenvalue weighted by Gasteiger charge is -2.26. The van der Waals surface area contributed by atoms with E-state index >= 15 is 0 Å². The molecule has 0 aliphatic heterocycles. The van der Waals surface area contributed by atoms with Crippen LogP contribution < -0.4 is 87.2 Å². The van der Waals surface area contributed by atoms with Crippen molar-refractivity contribution in [3.8, 4) is 0 Å². The van der Waals surface area contributed by atoms with E-state index in [4.69, 9.17) is 28.7 Å². The molecule has 0 aliphatic carbocycles. The van der Waals surface area contributed by atoms with Crippen LogP contribution in [0.2, 0.25) is 0 Å². The maximum absolute atomic E-state index is 14.2. The Bertz CT molecular complexity index is 2170. The largest absolute Gasteiger partial charge is 0.370 e. The van der Waals surface area contributed by atoms with Crippen LogP contribution in [0, 0.1) is 0 Å². The Hall–Kier alpha value is -8.48. The number of unbranched alkanes of at least 4 members (excludes halogenated alkanes) is 5. The molecule has 0 saturated heterocycles. The molecule has 21 N–H and O–H groups in total. The van der Waals surface area contributed by atoms with Gasteiger partial charge in [0.2, 0.25) is 94.5 Å². The highest BCUT2D eigenvalue weighted by Gasteiger charge is 2.32. The van der Waals surface area contributed by atoms with Gasteiger partial charge in [-0.25, -0.2) is 0 Å². The molecule has 0 radical (unpaired) electrons. The van der Waals surface area contributed by atoms with E-state index in [1.165, 1.54) is 0 Å². The van der Waals surface area contributed by atoms with E-state index in [2.05, 4.69) is 58.5 Å². The maximum Gasteiger partial charge on any atom is 0.243 e. The van der Waals surface area contributed by atoms with E-state index in [0.717, 1.165) is 34.1 Å². The normalized spacial score (nSPS) is 13.6. The Labute approximate surface area is 469 Å². The van der Waals surface area contributed by atoms with Crippen LogP contribution >= 0.6 is 0 Å². The molecule has 32 nitrogen and oxygen atoms in total. The number of rotatable bonds is 43. The Morgan fingerprint density at radius 2 is 0.506 bits per heavy atom. The maximum atomic E-state index is 14.2. The number of hydrogen-bond donors (Lipinski definition) is 16. The highest BCUT2D eigenvalue weighted by atomic mass is 16.2. The molecule has 8 unspecified atom stereocenters. The molecule has 0 spiro atoms. The summed E-state index contributed by atoms with van der Waals surface area (Å²) in [6.45, 7) is 6.21. The second-order valence-electron chi connectivity index (χ2n) is 19.2. The van der Waals surface area contributed by atoms with Gasteiger partial charge in [0, 0.05) is 47.3 Å². The molecule has 0 bridgehead atoms. The second kappa shape index (κ2) is 39.8. The molecule has 0 saturated carbocycles. The van der Waals surface area contributed by atoms with Crippen LogP contribution in [-0.4, -0.2) is 162 Å². The van der Waals surface area contributed by atoms with Gasteiger partial charge in [-0.05, 0) is 64.2 Å². The van der Waals surface area contributed by atoms with Gasteiger partial charge in [-0.1, -0.05) is 26.2 Å². The molecule has 0 fully saturated rings. The van der Waals surface area contributed by atoms with Gasteiger partial charge in [0.25, 0.3) is 0 Å². The summed E-state index contributed by atoms with van der Waals surface area (Å²) < 4.78 is 0. The summed E-state index contributed by atoms with van der Waals surface area (Å²) >= 11 is 0. The number of primary amides is 5. The minimum Gasteiger partial charge on any atom is -0.370 e. The number of amides is 16. The second-order valence-corrected chi connectivity index (χ2v) is 19.2. The molecule has 0 rings (SSSR count). The van der Waals surface area contributed by atoms with Crippen molar-refractivity contribution in [3.63, 3.8) is 0 Å². The van der Waals surface area contributed by atoms with Crippen LogP contribution in [0.5, 0.6) is 0 Å². The van der Waals surface area contributed by atoms with E-state index < -0.39 is 169 Å². The lowest BCUT2D eigenvalue weighted by Crippen LogP contribution is -2.58. The highest BCUT2D eigenvalue weighted by molar-refractivity contribution is 5.97. The minimum absolute atomic E-state index is 0.000700. The average molecular weight is 1150 g/mol. The zero-order valence-electron chi connectivity index (χ0n) is 46.7. The van der Waals surface area contributed by atoms with Crippen molar-refractivity contribution < 1.29 is 76.7 Å². The average Bonchev–Trinajstić information content (AvgIpc) is 3.34. The number of carbonyl (C=O) groups is 16. The van der Waals surface area contributed by atoms with Crippen LogP contribution in [0.25, 0.3) is 0 Å². The van der Waals surface area contributed by atoms with Crippen LogP contribution in [0.1, 0.15) is 144 Å². The third-order valence-corrected chi connectivity index (χ3v) is 11.7. The van der Waals surface area contributed by atoms with Crippen LogP contribution in [-0.2, 0) is 76.7 Å². The van der Waals surface area contributed by atoms with Gasteiger partial charge in [-0.3, -0.25) is 76.7 Å². The fourth-order valence-electron chi connectivity index (χ4n) is 7.83. The molecular formula is C49H84N16O16. The van der Waals surface area contributed by atoms with E-state index in [1.807, 2.05) is 6.92 Å². The Balaban J connectivity index is 6.63. The first-order chi connectivity index (χ1) is 38.0. The zero-order chi connectivity index (χ0) is 61.8. The van der Waals surface area contributed by atoms with Crippen molar-refractivity contribution >= 4 is 94.5 Å². The lowest BCUT2D eigenvalue weighted by atomic mass is 10.0. The first-order valence-corrected chi connectivity index (χ1v) is 26.5. The summed E-state index contributed by atoms with van der Waals surface area (Å²) in [5.74, 6) is -12.9. The molecule has 32 heteroatoms. The predicted molar refractivity (Wildman–Crippen MR) is 287 cm³/mol. The topological polar surface area (TPSA) is 536 Å². The molecule has 0 aliphatic rings. The summed E-state index contributed by atoms with van der Waals surface area (Å²) in [7, 11) is 0. The first kappa shape index (κ1) is 72.5. The zero-order valence-corrected chi connectivity index (χ0v) is 46.7. The van der Waals surface area contributed by atoms with Crippen LogP contribution in [0.4, 0.5) is 0 Å². The fraction of sp³-hybridized carbons (Fsp3) is 0.673. The number of nitrogens with one attached hydrogen (secondary N) is 11. The van der Waals surface area contributed by atoms with Crippen molar-refractivity contribution in [3.05, 3.63) is 0 Å². The van der Waals surface area contributed by atoms with Gasteiger partial charge >= 0.3 is 0 Å². The Kier molecular flexibility index (Phi) is 35.6. The van der Waals surface area contributed by atoms with Crippen molar-refractivity contribution in [1.29, 1.82) is 0 Å². The molecule has 456 valence electrons. The predicted octanol–water partition coefficient (Wildman–Crippen LogP) is -6.63. The SMILES string of the molecule is CCCCCC(NC(=O)C(CCCCNC(=O)C(CCCCNC(=O)C(CC(N)=O)NC(C)=O)NC(=O)C(CC(N)=O)NC(C)=O)NC(=O)C(CCCCNC(=O)C(CC(N)=O)NC(C)=O)NC(=O)C(CC(N)=O)NC(C)=O)C(N)=O. The third kappa shape index (κ3) is 34.2. The Morgan fingerprint density at radius 3 is 0.765 bits per heavy atom. The van der Waals surface area contributed by atoms with Crippen LogP contribution in [0.3, 0.4) is 0 Å². The fourth-order valence-corrected chi connectivity index (χ4v) is 7.83. The van der Waals surface area contributed by atoms with Gasteiger partial charge in [-0.2, -0.15) is 0 Å². The van der Waals surface area contributed by atoms with Gasteiger partial charge in [0.15, 0.2) is 0 Å². The van der Waals surface area contributed by atoms with Gasteiger partial charge in [0.05, 0.1) is 25.7 Å². The lowest BCUT2D eigenvalue weighted by molar-refractivity contribution is -0.135. The van der Waals surface area contributed by atoms with Crippen LogP contribution in [0.15, 0.2) is 0 Å². The first-order valence-electron chi connectivity index (χ1n) is 26.5. The van der Waals surface area contributed by atoms with Gasteiger partial charge < -0.3 is 87.2 Å². The molecule has 0 heterocycles. The van der Waals surface area contributed by atoms with E-state index in [-0.39, 0.29) is 83.8 Å². The van der Waals surface area contributed by atoms with E-state index in [1.54, 1.807) is 0 Å². The highest BCUT2D eigenvalue weighted by Crippen LogP contribution is 2.11. The molecule has 16 amide bonds. The van der Waals surface area contributed by atoms with Crippen molar-refractivity contribution in [2.24, 2.45) is 28.7 Å². The smallest absolute Gasteiger partial charge is 0.243 e. The van der Waals surface area contributed by atoms with E-state index in [0.29, 0.717) is 12.8 Å². The number of hydrogen-bond acceptors (Lipinski definition) is 16. The van der Waals surface area contributed by atoms with Crippen molar-refractivity contribution in [2.75, 3.05) is 19.6 Å². The number of nitrogens with two attached hydrogens (primary N) is 5. The summed E-state index contributed by atoms with van der Waals surface area (Å²) in [5.41, 5.74) is 26.7. The van der Waals surface area contributed by atoms with E-state index in [9.17, 15) is 76.7 Å². The summed E-state index contributed by atoms with van der Waals surface area (Å²) in [6.07, 6.45) is 0.323. The quantitative estimate of drug-likeness (QED) is 0.0253. The monoisotopic (exact) mass is 1150 g/mol. The van der Waals surface area contributed by atoms with Gasteiger partial charge in [-0.15, -0.1) is 0 Å². The molecule has 0 aromatic carbocycles. The van der Waals surface area contributed by atoms with Crippen molar-refractivity contribution in [1.82, 2.24) is 58.5 Å². The molecule has 81 heavy (non-hydrogen) atoms.